The average molecular weight is 438 g/mol. The van der Waals surface area contributed by atoms with Crippen LogP contribution in [0.3, 0.4) is 0 Å². The van der Waals surface area contributed by atoms with Gasteiger partial charge < -0.3 is 19.5 Å². The third-order valence-corrected chi connectivity index (χ3v) is 4.68. The number of hydrogen-bond acceptors (Lipinski definition) is 6. The summed E-state index contributed by atoms with van der Waals surface area (Å²) in [5.41, 5.74) is -0.0303. The lowest BCUT2D eigenvalue weighted by Crippen LogP contribution is -2.37. The van der Waals surface area contributed by atoms with Crippen LogP contribution in [0.2, 0.25) is 0 Å². The summed E-state index contributed by atoms with van der Waals surface area (Å²) in [7, 11) is 0. The Kier molecular flexibility index (Phi) is 8.46. The molecule has 1 saturated heterocycles. The molecule has 0 amide bonds. The molecule has 1 unspecified atom stereocenters. The van der Waals surface area contributed by atoms with E-state index < -0.39 is 17.4 Å². The van der Waals surface area contributed by atoms with Crippen LogP contribution in [0.15, 0.2) is 12.1 Å². The number of piperidine rings is 1. The summed E-state index contributed by atoms with van der Waals surface area (Å²) >= 11 is 0. The van der Waals surface area contributed by atoms with Crippen molar-refractivity contribution in [3.63, 3.8) is 0 Å². The second-order valence-corrected chi connectivity index (χ2v) is 10.1. The number of ether oxygens (including phenoxy) is 3. The fourth-order valence-electron chi connectivity index (χ4n) is 3.12. The molecule has 1 aliphatic carbocycles. The van der Waals surface area contributed by atoms with E-state index in [1.54, 1.807) is 26.8 Å². The van der Waals surface area contributed by atoms with Gasteiger partial charge in [-0.2, -0.15) is 0 Å². The van der Waals surface area contributed by atoms with E-state index in [9.17, 15) is 14.0 Å². The van der Waals surface area contributed by atoms with Gasteiger partial charge in [0.05, 0.1) is 5.56 Å². The van der Waals surface area contributed by atoms with Crippen molar-refractivity contribution in [2.45, 2.75) is 90.4 Å². The number of nitrogens with one attached hydrogen (secondary N) is 1. The molecule has 1 N–H and O–H groups in total. The van der Waals surface area contributed by atoms with Gasteiger partial charge in [0.15, 0.2) is 0 Å². The monoisotopic (exact) mass is 437 g/mol. The Morgan fingerprint density at radius 2 is 1.77 bits per heavy atom. The maximum Gasteiger partial charge on any atom is 0.341 e. The predicted molar refractivity (Wildman–Crippen MR) is 117 cm³/mol. The molecular formula is C24H36FNO5. The second kappa shape index (κ2) is 10.4. The second-order valence-electron chi connectivity index (χ2n) is 10.1. The normalized spacial score (nSPS) is 19.0. The molecule has 174 valence electrons. The number of hydrogen-bond donors (Lipinski definition) is 1. The molecule has 1 heterocycles. The Balaban J connectivity index is 0.000000423. The van der Waals surface area contributed by atoms with Crippen LogP contribution >= 0.6 is 0 Å². The van der Waals surface area contributed by atoms with Gasteiger partial charge in [-0.25, -0.2) is 9.18 Å². The van der Waals surface area contributed by atoms with E-state index in [1.807, 2.05) is 20.8 Å². The fourth-order valence-corrected chi connectivity index (χ4v) is 3.12. The highest BCUT2D eigenvalue weighted by Crippen LogP contribution is 2.45. The van der Waals surface area contributed by atoms with Crippen molar-refractivity contribution in [1.29, 1.82) is 0 Å². The standard InChI is InChI=1S/C19H26FNO3.C5H10O2/c1-19(2,3)24-18(22)15-9-14(12-6-7-12)17(10-16(15)20)23-13-5-4-8-21-11-13;1-5(2,3)7-4-6/h9-10,12-13,21H,4-8,11H2,1-3H3;4H,1-3H3. The number of rotatable bonds is 5. The lowest BCUT2D eigenvalue weighted by molar-refractivity contribution is -0.138. The minimum absolute atomic E-state index is 0.000874. The van der Waals surface area contributed by atoms with E-state index in [2.05, 4.69) is 10.1 Å². The van der Waals surface area contributed by atoms with Crippen molar-refractivity contribution in [2.24, 2.45) is 0 Å². The van der Waals surface area contributed by atoms with Crippen LogP contribution in [0.1, 0.15) is 89.1 Å². The van der Waals surface area contributed by atoms with E-state index in [1.165, 1.54) is 6.07 Å². The Morgan fingerprint density at radius 3 is 2.23 bits per heavy atom. The summed E-state index contributed by atoms with van der Waals surface area (Å²) in [4.78, 5) is 21.9. The molecule has 1 aromatic rings. The van der Waals surface area contributed by atoms with Gasteiger partial charge in [-0.3, -0.25) is 4.79 Å². The Morgan fingerprint density at radius 1 is 1.10 bits per heavy atom. The summed E-state index contributed by atoms with van der Waals surface area (Å²) < 4.78 is 30.4. The minimum atomic E-state index is -0.647. The van der Waals surface area contributed by atoms with Gasteiger partial charge >= 0.3 is 5.97 Å². The van der Waals surface area contributed by atoms with Gasteiger partial charge in [-0.05, 0) is 91.3 Å². The van der Waals surface area contributed by atoms with Crippen molar-refractivity contribution in [2.75, 3.05) is 13.1 Å². The molecule has 3 rings (SSSR count). The van der Waals surface area contributed by atoms with Gasteiger partial charge in [0, 0.05) is 12.6 Å². The molecule has 1 saturated carbocycles. The van der Waals surface area contributed by atoms with E-state index in [0.717, 1.165) is 44.3 Å². The largest absolute Gasteiger partial charge is 0.489 e. The first-order chi connectivity index (χ1) is 14.4. The van der Waals surface area contributed by atoms with Crippen LogP contribution in [-0.4, -0.2) is 42.8 Å². The highest BCUT2D eigenvalue weighted by Gasteiger charge is 2.31. The van der Waals surface area contributed by atoms with Crippen molar-refractivity contribution < 1.29 is 28.2 Å². The zero-order chi connectivity index (χ0) is 23.2. The van der Waals surface area contributed by atoms with E-state index in [4.69, 9.17) is 9.47 Å². The smallest absolute Gasteiger partial charge is 0.341 e. The molecule has 0 spiro atoms. The highest BCUT2D eigenvalue weighted by molar-refractivity contribution is 5.90. The van der Waals surface area contributed by atoms with E-state index >= 15 is 0 Å². The summed E-state index contributed by atoms with van der Waals surface area (Å²) in [5, 5.41) is 3.30. The van der Waals surface area contributed by atoms with Crippen molar-refractivity contribution in [1.82, 2.24) is 5.32 Å². The number of benzene rings is 1. The van der Waals surface area contributed by atoms with Crippen molar-refractivity contribution in [3.05, 3.63) is 29.1 Å². The van der Waals surface area contributed by atoms with Gasteiger partial charge in [-0.15, -0.1) is 0 Å². The molecule has 1 atom stereocenters. The number of esters is 1. The molecular weight excluding hydrogens is 401 g/mol. The maximum atomic E-state index is 14.5. The van der Waals surface area contributed by atoms with Gasteiger partial charge in [-0.1, -0.05) is 0 Å². The molecule has 0 bridgehead atoms. The first-order valence-corrected chi connectivity index (χ1v) is 11.0. The van der Waals surface area contributed by atoms with Crippen LogP contribution in [0.5, 0.6) is 5.75 Å². The molecule has 1 aromatic carbocycles. The zero-order valence-electron chi connectivity index (χ0n) is 19.5. The van der Waals surface area contributed by atoms with Crippen molar-refractivity contribution in [3.8, 4) is 5.75 Å². The van der Waals surface area contributed by atoms with Crippen LogP contribution in [0, 0.1) is 5.82 Å². The lowest BCUT2D eigenvalue weighted by atomic mass is 10.0. The predicted octanol–water partition coefficient (Wildman–Crippen LogP) is 4.75. The number of halogens is 1. The molecule has 2 aliphatic rings. The minimum Gasteiger partial charge on any atom is -0.489 e. The maximum absolute atomic E-state index is 14.5. The molecule has 31 heavy (non-hydrogen) atoms. The summed E-state index contributed by atoms with van der Waals surface area (Å²) in [6, 6.07) is 2.99. The quantitative estimate of drug-likeness (QED) is 0.529. The van der Waals surface area contributed by atoms with Gasteiger partial charge in [0.25, 0.3) is 6.47 Å². The highest BCUT2D eigenvalue weighted by atomic mass is 19.1. The molecule has 1 aliphatic heterocycles. The molecule has 6 nitrogen and oxygen atoms in total. The molecule has 2 fully saturated rings. The first kappa shape index (κ1) is 25.1. The van der Waals surface area contributed by atoms with Gasteiger partial charge in [0.2, 0.25) is 0 Å². The summed E-state index contributed by atoms with van der Waals surface area (Å²) in [5.74, 6) is -0.255. The lowest BCUT2D eigenvalue weighted by Gasteiger charge is -2.26. The van der Waals surface area contributed by atoms with Crippen LogP contribution < -0.4 is 10.1 Å². The number of carbonyl (C=O) groups excluding carboxylic acids is 2. The van der Waals surface area contributed by atoms with Crippen LogP contribution in [0.25, 0.3) is 0 Å². The van der Waals surface area contributed by atoms with Crippen molar-refractivity contribution >= 4 is 12.4 Å². The fraction of sp³-hybridized carbons (Fsp3) is 0.667. The Hall–Kier alpha value is -2.15. The van der Waals surface area contributed by atoms with Crippen LogP contribution in [-0.2, 0) is 14.3 Å². The third-order valence-electron chi connectivity index (χ3n) is 4.68. The Bertz CT molecular complexity index is 756. The zero-order valence-corrected chi connectivity index (χ0v) is 19.5. The molecule has 7 heteroatoms. The first-order valence-electron chi connectivity index (χ1n) is 11.0. The number of carbonyl (C=O) groups is 2. The SMILES string of the molecule is CC(C)(C)OC(=O)c1cc(C2CC2)c(OC2CCCNC2)cc1F.CC(C)(C)OC=O. The summed E-state index contributed by atoms with van der Waals surface area (Å²) in [6.45, 7) is 13.0. The Labute approximate surface area is 184 Å². The van der Waals surface area contributed by atoms with E-state index in [-0.39, 0.29) is 17.3 Å². The summed E-state index contributed by atoms with van der Waals surface area (Å²) in [6.07, 6.45) is 4.19. The topological polar surface area (TPSA) is 73.9 Å². The average Bonchev–Trinajstić information content (AvgIpc) is 3.46. The molecule has 0 radical (unpaired) electrons. The van der Waals surface area contributed by atoms with E-state index in [0.29, 0.717) is 18.1 Å². The third kappa shape index (κ3) is 8.85. The molecule has 0 aromatic heterocycles. The van der Waals surface area contributed by atoms with Crippen LogP contribution in [0.4, 0.5) is 4.39 Å². The van der Waals surface area contributed by atoms with Gasteiger partial charge in [0.1, 0.15) is 28.9 Å².